The van der Waals surface area contributed by atoms with Crippen molar-refractivity contribution < 1.29 is 14.5 Å². The molecule has 0 spiro atoms. The topological polar surface area (TPSA) is 130 Å². The van der Waals surface area contributed by atoms with E-state index < -0.39 is 0 Å². The Balaban J connectivity index is 0.000000208. The lowest BCUT2D eigenvalue weighted by Gasteiger charge is -2.32. The molecule has 2 saturated heterocycles. The van der Waals surface area contributed by atoms with Gasteiger partial charge >= 0.3 is 0 Å². The highest BCUT2D eigenvalue weighted by atomic mass is 35.5. The van der Waals surface area contributed by atoms with Crippen LogP contribution < -0.4 is 16.5 Å². The third-order valence-electron chi connectivity index (χ3n) is 14.3. The SMILES string of the molecule is CO/N=C(\CCN1CCC(Cc2ccccc2)CC1)c1cccc(Nc2cc(C)nc3ccccc23)c1.CON.Cc1cc(Nc2cccc(C(=O)CCN3CCC(Cc4ccccc4)CC3)c2)c2ccccc2n1.Cl. The predicted octanol–water partition coefficient (Wildman–Crippen LogP) is 13.7. The van der Waals surface area contributed by atoms with E-state index in [4.69, 9.17) is 4.84 Å². The molecular weight excluding hydrogens is 964 g/mol. The molecule has 0 amide bonds. The second-order valence-electron chi connectivity index (χ2n) is 19.9. The molecule has 6 aromatic carbocycles. The molecular formula is C64H75ClN8O3. The number of hydrogen-bond donors (Lipinski definition) is 3. The molecule has 76 heavy (non-hydrogen) atoms. The fraction of sp³-hybridized carbons (Fsp3) is 0.312. The molecule has 2 aromatic heterocycles. The number of halogens is 1. The van der Waals surface area contributed by atoms with Gasteiger partial charge in [-0.3, -0.25) is 14.8 Å². The van der Waals surface area contributed by atoms with Crippen molar-refractivity contribution in [2.24, 2.45) is 22.9 Å². The maximum atomic E-state index is 13.0. The highest BCUT2D eigenvalue weighted by Gasteiger charge is 2.22. The number of fused-ring (bicyclic) bond motifs is 2. The lowest BCUT2D eigenvalue weighted by atomic mass is 9.90. The summed E-state index contributed by atoms with van der Waals surface area (Å²) in [5.74, 6) is 6.08. The van der Waals surface area contributed by atoms with Gasteiger partial charge in [0, 0.05) is 82.0 Å². The number of carbonyl (C=O) groups is 1. The number of oxime groups is 1. The quantitative estimate of drug-likeness (QED) is 0.0460. The minimum Gasteiger partial charge on any atom is -0.399 e. The van der Waals surface area contributed by atoms with Crippen LogP contribution >= 0.6 is 12.4 Å². The van der Waals surface area contributed by atoms with Crippen LogP contribution in [0.4, 0.5) is 22.7 Å². The number of aryl methyl sites for hydroxylation is 2. The van der Waals surface area contributed by atoms with E-state index >= 15 is 0 Å². The molecule has 4 heterocycles. The van der Waals surface area contributed by atoms with Crippen molar-refractivity contribution in [3.8, 4) is 0 Å². The van der Waals surface area contributed by atoms with Gasteiger partial charge < -0.3 is 30.1 Å². The zero-order valence-electron chi connectivity index (χ0n) is 44.7. The highest BCUT2D eigenvalue weighted by Crippen LogP contribution is 2.30. The maximum Gasteiger partial charge on any atom is 0.164 e. The monoisotopic (exact) mass is 1040 g/mol. The fourth-order valence-electron chi connectivity index (χ4n) is 10.4. The first-order chi connectivity index (χ1) is 36.7. The van der Waals surface area contributed by atoms with Crippen LogP contribution in [0.3, 0.4) is 0 Å². The van der Waals surface area contributed by atoms with E-state index in [0.29, 0.717) is 6.42 Å². The second kappa shape index (κ2) is 29.3. The van der Waals surface area contributed by atoms with Crippen molar-refractivity contribution in [1.82, 2.24) is 19.8 Å². The number of para-hydroxylation sites is 2. The van der Waals surface area contributed by atoms with Crippen LogP contribution in [-0.4, -0.2) is 84.8 Å². The van der Waals surface area contributed by atoms with Crippen LogP contribution in [0, 0.1) is 25.7 Å². The summed E-state index contributed by atoms with van der Waals surface area (Å²) < 4.78 is 0. The Morgan fingerprint density at radius 2 is 0.987 bits per heavy atom. The molecule has 2 aliphatic rings. The van der Waals surface area contributed by atoms with Crippen LogP contribution in [0.15, 0.2) is 175 Å². The molecule has 396 valence electrons. The number of anilines is 4. The summed E-state index contributed by atoms with van der Waals surface area (Å²) in [5, 5.41) is 13.7. The number of nitrogens with one attached hydrogen (secondary N) is 2. The van der Waals surface area contributed by atoms with Crippen LogP contribution in [0.5, 0.6) is 0 Å². The number of nitrogens with zero attached hydrogens (tertiary/aromatic N) is 5. The molecule has 0 radical (unpaired) electrons. The molecule has 8 aromatic rings. The van der Waals surface area contributed by atoms with E-state index in [1.54, 1.807) is 7.11 Å². The number of rotatable bonds is 17. The van der Waals surface area contributed by atoms with Gasteiger partial charge in [-0.2, -0.15) is 0 Å². The first kappa shape index (κ1) is 56.7. The fourth-order valence-corrected chi connectivity index (χ4v) is 10.4. The van der Waals surface area contributed by atoms with Gasteiger partial charge in [0.05, 0.1) is 23.9 Å². The number of likely N-dealkylation sites (tertiary alicyclic amines) is 2. The second-order valence-corrected chi connectivity index (χ2v) is 19.9. The number of nitrogens with two attached hydrogens (primary N) is 1. The molecule has 0 unspecified atom stereocenters. The molecule has 11 nitrogen and oxygen atoms in total. The predicted molar refractivity (Wildman–Crippen MR) is 317 cm³/mol. The van der Waals surface area contributed by atoms with Crippen LogP contribution in [-0.2, 0) is 22.5 Å². The Kier molecular flexibility index (Phi) is 21.9. The minimum absolute atomic E-state index is 0. The van der Waals surface area contributed by atoms with Gasteiger partial charge in [0.15, 0.2) is 5.78 Å². The molecule has 0 aliphatic carbocycles. The average molecular weight is 1040 g/mol. The summed E-state index contributed by atoms with van der Waals surface area (Å²) in [5.41, 5.74) is 13.7. The first-order valence-electron chi connectivity index (χ1n) is 26.6. The van der Waals surface area contributed by atoms with Gasteiger partial charge in [0.2, 0.25) is 0 Å². The highest BCUT2D eigenvalue weighted by molar-refractivity contribution is 6.02. The number of carbonyl (C=O) groups excluding carboxylic acids is 1. The lowest BCUT2D eigenvalue weighted by molar-refractivity contribution is 0.0951. The summed E-state index contributed by atoms with van der Waals surface area (Å²) in [6.07, 6.45) is 8.71. The number of piperidine rings is 2. The molecule has 0 atom stereocenters. The lowest BCUT2D eigenvalue weighted by Crippen LogP contribution is -2.35. The number of ketones is 1. The summed E-state index contributed by atoms with van der Waals surface area (Å²) in [7, 11) is 3.03. The number of aromatic nitrogens is 2. The number of hydrogen-bond acceptors (Lipinski definition) is 11. The Hall–Kier alpha value is -6.99. The zero-order valence-corrected chi connectivity index (χ0v) is 45.5. The Morgan fingerprint density at radius 1 is 0.566 bits per heavy atom. The molecule has 10 rings (SSSR count). The zero-order chi connectivity index (χ0) is 52.2. The van der Waals surface area contributed by atoms with Crippen molar-refractivity contribution in [1.29, 1.82) is 0 Å². The Bertz CT molecular complexity index is 3090. The van der Waals surface area contributed by atoms with Crippen molar-refractivity contribution >= 4 is 68.5 Å². The van der Waals surface area contributed by atoms with Crippen molar-refractivity contribution in [3.05, 3.63) is 203 Å². The van der Waals surface area contributed by atoms with Gasteiger partial charge in [0.25, 0.3) is 0 Å². The third kappa shape index (κ3) is 16.8. The van der Waals surface area contributed by atoms with E-state index in [9.17, 15) is 4.79 Å². The smallest absolute Gasteiger partial charge is 0.164 e. The van der Waals surface area contributed by atoms with Crippen molar-refractivity contribution in [3.63, 3.8) is 0 Å². The summed E-state index contributed by atoms with van der Waals surface area (Å²) >= 11 is 0. The Labute approximate surface area is 456 Å². The summed E-state index contributed by atoms with van der Waals surface area (Å²) in [6, 6.07) is 58.5. The average Bonchev–Trinajstić information content (AvgIpc) is 3.43. The van der Waals surface area contributed by atoms with Gasteiger partial charge in [-0.25, -0.2) is 5.90 Å². The van der Waals surface area contributed by atoms with Crippen molar-refractivity contribution in [2.45, 2.75) is 65.2 Å². The Morgan fingerprint density at radius 3 is 1.46 bits per heavy atom. The van der Waals surface area contributed by atoms with E-state index in [0.717, 1.165) is 130 Å². The summed E-state index contributed by atoms with van der Waals surface area (Å²) in [4.78, 5) is 36.3. The van der Waals surface area contributed by atoms with E-state index in [2.05, 4.69) is 168 Å². The maximum absolute atomic E-state index is 13.0. The number of benzene rings is 6. The van der Waals surface area contributed by atoms with Gasteiger partial charge in [-0.1, -0.05) is 126 Å². The largest absolute Gasteiger partial charge is 0.399 e. The minimum atomic E-state index is 0. The molecule has 2 aliphatic heterocycles. The van der Waals surface area contributed by atoms with Crippen LogP contribution in [0.2, 0.25) is 0 Å². The molecule has 0 bridgehead atoms. The molecule has 12 heteroatoms. The number of Topliss-reactive ketones (excluding diaryl/α,β-unsaturated/α-hetero) is 1. The van der Waals surface area contributed by atoms with Gasteiger partial charge in [0.1, 0.15) is 7.11 Å². The molecule has 4 N–H and O–H groups in total. The summed E-state index contributed by atoms with van der Waals surface area (Å²) in [6.45, 7) is 10.3. The van der Waals surface area contributed by atoms with Crippen LogP contribution in [0.25, 0.3) is 21.8 Å². The first-order valence-corrected chi connectivity index (χ1v) is 26.6. The molecule has 0 saturated carbocycles. The third-order valence-corrected chi connectivity index (χ3v) is 14.3. The van der Waals surface area contributed by atoms with Gasteiger partial charge in [-0.15, -0.1) is 12.4 Å². The number of pyridine rings is 2. The van der Waals surface area contributed by atoms with E-state index in [-0.39, 0.29) is 18.2 Å². The normalized spacial score (nSPS) is 14.4. The van der Waals surface area contributed by atoms with Crippen LogP contribution in [0.1, 0.15) is 77.0 Å². The molecule has 2 fully saturated rings. The standard InChI is InChI=1S/C32H36N4O.C31H33N3O.CH5NO.ClH/c1-24-21-32(29-13-6-7-14-31(29)33-24)34-28-12-8-11-27(23-28)30(35-37-2)17-20-36-18-15-26(16-19-36)22-25-9-4-3-5-10-25;1-23-20-30(28-12-5-6-13-29(28)32-23)33-27-11-7-10-26(22-27)31(35)16-19-34-17-14-25(15-18-34)21-24-8-3-2-4-9-24;1-3-2;/h3-14,21,23,26H,15-20,22H2,1-2H3,(H,33,34);2-13,20,22,25H,14-19,21H2,1H3,(H,32,33);2H2,1H3;1H/b35-30+;;;. The van der Waals surface area contributed by atoms with E-state index in [1.807, 2.05) is 62.4 Å². The van der Waals surface area contributed by atoms with E-state index in [1.165, 1.54) is 56.8 Å². The van der Waals surface area contributed by atoms with Crippen molar-refractivity contribution in [2.75, 3.05) is 64.1 Å². The van der Waals surface area contributed by atoms with Gasteiger partial charge in [-0.05, 0) is 150 Å².